The van der Waals surface area contributed by atoms with E-state index in [1.165, 1.54) is 0 Å². The molecule has 1 heterocycles. The van der Waals surface area contributed by atoms with Crippen LogP contribution in [0.2, 0.25) is 0 Å². The standard InChI is InChI=1S/C12H22N2O4/c1-8-9(5-6-13-8)11(15)14-10(12(16)17)4-3-7-18-2/h8-10,13H,3-7H2,1-2H3,(H,14,15)(H,16,17). The number of hydrogen-bond donors (Lipinski definition) is 3. The molecule has 1 aliphatic heterocycles. The second-order valence-electron chi connectivity index (χ2n) is 4.67. The second-order valence-corrected chi connectivity index (χ2v) is 4.67. The maximum atomic E-state index is 12.0. The first kappa shape index (κ1) is 14.9. The molecule has 3 unspecified atom stereocenters. The van der Waals surface area contributed by atoms with Gasteiger partial charge in [-0.3, -0.25) is 4.79 Å². The van der Waals surface area contributed by atoms with E-state index >= 15 is 0 Å². The van der Waals surface area contributed by atoms with Crippen LogP contribution >= 0.6 is 0 Å². The van der Waals surface area contributed by atoms with Crippen LogP contribution in [0.4, 0.5) is 0 Å². The lowest BCUT2D eigenvalue weighted by Gasteiger charge is -2.19. The quantitative estimate of drug-likeness (QED) is 0.559. The number of carbonyl (C=O) groups excluding carboxylic acids is 1. The molecule has 1 fully saturated rings. The predicted octanol–water partition coefficient (Wildman–Crippen LogP) is -0.0196. The van der Waals surface area contributed by atoms with Crippen LogP contribution in [0.15, 0.2) is 0 Å². The zero-order chi connectivity index (χ0) is 13.5. The van der Waals surface area contributed by atoms with Gasteiger partial charge in [-0.05, 0) is 32.7 Å². The molecule has 0 saturated carbocycles. The molecule has 18 heavy (non-hydrogen) atoms. The Hall–Kier alpha value is -1.14. The summed E-state index contributed by atoms with van der Waals surface area (Å²) in [5, 5.41) is 14.8. The molecule has 1 rings (SSSR count). The van der Waals surface area contributed by atoms with Crippen molar-refractivity contribution in [2.45, 2.75) is 38.3 Å². The van der Waals surface area contributed by atoms with Gasteiger partial charge in [-0.2, -0.15) is 0 Å². The van der Waals surface area contributed by atoms with E-state index in [-0.39, 0.29) is 17.9 Å². The summed E-state index contributed by atoms with van der Waals surface area (Å²) in [4.78, 5) is 23.0. The molecule has 6 heteroatoms. The van der Waals surface area contributed by atoms with Crippen LogP contribution in [0.1, 0.15) is 26.2 Å². The van der Waals surface area contributed by atoms with Gasteiger partial charge in [0, 0.05) is 19.8 Å². The van der Waals surface area contributed by atoms with Crippen molar-refractivity contribution in [3.8, 4) is 0 Å². The largest absolute Gasteiger partial charge is 0.480 e. The van der Waals surface area contributed by atoms with E-state index in [4.69, 9.17) is 9.84 Å². The van der Waals surface area contributed by atoms with Gasteiger partial charge >= 0.3 is 5.97 Å². The molecule has 1 aliphatic rings. The minimum atomic E-state index is -0.988. The summed E-state index contributed by atoms with van der Waals surface area (Å²) in [6.45, 7) is 3.25. The highest BCUT2D eigenvalue weighted by Crippen LogP contribution is 2.15. The van der Waals surface area contributed by atoms with Crippen LogP contribution in [0.5, 0.6) is 0 Å². The van der Waals surface area contributed by atoms with Crippen molar-refractivity contribution in [3.05, 3.63) is 0 Å². The number of amides is 1. The van der Waals surface area contributed by atoms with Gasteiger partial charge in [0.1, 0.15) is 6.04 Å². The lowest BCUT2D eigenvalue weighted by Crippen LogP contribution is -2.45. The van der Waals surface area contributed by atoms with E-state index in [9.17, 15) is 9.59 Å². The van der Waals surface area contributed by atoms with E-state index in [1.54, 1.807) is 7.11 Å². The van der Waals surface area contributed by atoms with E-state index < -0.39 is 12.0 Å². The zero-order valence-corrected chi connectivity index (χ0v) is 10.9. The average molecular weight is 258 g/mol. The summed E-state index contributed by atoms with van der Waals surface area (Å²) in [6.07, 6.45) is 1.77. The Morgan fingerprint density at radius 1 is 1.56 bits per heavy atom. The van der Waals surface area contributed by atoms with E-state index in [0.29, 0.717) is 19.4 Å². The molecular weight excluding hydrogens is 236 g/mol. The van der Waals surface area contributed by atoms with Gasteiger partial charge < -0.3 is 20.5 Å². The van der Waals surface area contributed by atoms with Gasteiger partial charge in [0.2, 0.25) is 5.91 Å². The number of carboxylic acid groups (broad SMARTS) is 1. The molecular formula is C12H22N2O4. The maximum Gasteiger partial charge on any atom is 0.326 e. The molecule has 0 aromatic carbocycles. The van der Waals surface area contributed by atoms with Crippen molar-refractivity contribution in [2.24, 2.45) is 5.92 Å². The van der Waals surface area contributed by atoms with Gasteiger partial charge in [0.05, 0.1) is 5.92 Å². The Bertz CT molecular complexity index is 296. The fourth-order valence-electron chi connectivity index (χ4n) is 2.18. The Morgan fingerprint density at radius 3 is 2.78 bits per heavy atom. The number of nitrogens with one attached hydrogen (secondary N) is 2. The summed E-state index contributed by atoms with van der Waals surface area (Å²) in [6, 6.07) is -0.709. The summed E-state index contributed by atoms with van der Waals surface area (Å²) in [5.41, 5.74) is 0. The minimum absolute atomic E-state index is 0.110. The SMILES string of the molecule is COCCCC(NC(=O)C1CCNC1C)C(=O)O. The lowest BCUT2D eigenvalue weighted by atomic mass is 10.0. The third-order valence-corrected chi connectivity index (χ3v) is 3.32. The molecule has 1 saturated heterocycles. The number of aliphatic carboxylic acids is 1. The van der Waals surface area contributed by atoms with Crippen molar-refractivity contribution in [2.75, 3.05) is 20.3 Å². The smallest absolute Gasteiger partial charge is 0.326 e. The molecule has 3 atom stereocenters. The Morgan fingerprint density at radius 2 is 2.28 bits per heavy atom. The molecule has 0 aromatic rings. The molecule has 0 spiro atoms. The monoisotopic (exact) mass is 258 g/mol. The zero-order valence-electron chi connectivity index (χ0n) is 10.9. The topological polar surface area (TPSA) is 87.7 Å². The van der Waals surface area contributed by atoms with Crippen molar-refractivity contribution >= 4 is 11.9 Å². The van der Waals surface area contributed by atoms with Crippen LogP contribution in [0.25, 0.3) is 0 Å². The second kappa shape index (κ2) is 7.33. The molecule has 0 aliphatic carbocycles. The van der Waals surface area contributed by atoms with Crippen molar-refractivity contribution < 1.29 is 19.4 Å². The summed E-state index contributed by atoms with van der Waals surface area (Å²) in [5.74, 6) is -1.29. The van der Waals surface area contributed by atoms with E-state index in [2.05, 4.69) is 10.6 Å². The first-order chi connectivity index (χ1) is 8.56. The number of hydrogen-bond acceptors (Lipinski definition) is 4. The number of ether oxygens (including phenoxy) is 1. The first-order valence-corrected chi connectivity index (χ1v) is 6.31. The third kappa shape index (κ3) is 4.27. The lowest BCUT2D eigenvalue weighted by molar-refractivity contribution is -0.142. The van der Waals surface area contributed by atoms with Gasteiger partial charge in [-0.15, -0.1) is 0 Å². The molecule has 6 nitrogen and oxygen atoms in total. The molecule has 104 valence electrons. The molecule has 1 amide bonds. The fraction of sp³-hybridized carbons (Fsp3) is 0.833. The number of rotatable bonds is 7. The van der Waals surface area contributed by atoms with Gasteiger partial charge in [-0.25, -0.2) is 4.79 Å². The van der Waals surface area contributed by atoms with Crippen molar-refractivity contribution in [1.29, 1.82) is 0 Å². The van der Waals surface area contributed by atoms with Crippen LogP contribution < -0.4 is 10.6 Å². The molecule has 0 radical (unpaired) electrons. The third-order valence-electron chi connectivity index (χ3n) is 3.32. The average Bonchev–Trinajstić information content (AvgIpc) is 2.74. The minimum Gasteiger partial charge on any atom is -0.480 e. The number of carboxylic acids is 1. The highest BCUT2D eigenvalue weighted by Gasteiger charge is 2.31. The van der Waals surface area contributed by atoms with Crippen LogP contribution in [-0.4, -0.2) is 49.3 Å². The van der Waals surface area contributed by atoms with E-state index in [1.807, 2.05) is 6.92 Å². The fourth-order valence-corrected chi connectivity index (χ4v) is 2.18. The Labute approximate surface area is 107 Å². The Kier molecular flexibility index (Phi) is 6.07. The van der Waals surface area contributed by atoms with Gasteiger partial charge in [-0.1, -0.05) is 0 Å². The number of carbonyl (C=O) groups is 2. The summed E-state index contributed by atoms with van der Waals surface area (Å²) >= 11 is 0. The highest BCUT2D eigenvalue weighted by molar-refractivity contribution is 5.85. The van der Waals surface area contributed by atoms with E-state index in [0.717, 1.165) is 13.0 Å². The van der Waals surface area contributed by atoms with Crippen molar-refractivity contribution in [1.82, 2.24) is 10.6 Å². The molecule has 3 N–H and O–H groups in total. The van der Waals surface area contributed by atoms with Gasteiger partial charge in [0.25, 0.3) is 0 Å². The molecule has 0 aromatic heterocycles. The van der Waals surface area contributed by atoms with Crippen LogP contribution in [-0.2, 0) is 14.3 Å². The molecule has 0 bridgehead atoms. The normalized spacial score (nSPS) is 24.8. The van der Waals surface area contributed by atoms with Crippen LogP contribution in [0, 0.1) is 5.92 Å². The Balaban J connectivity index is 2.44. The summed E-state index contributed by atoms with van der Waals surface area (Å²) in [7, 11) is 1.57. The summed E-state index contributed by atoms with van der Waals surface area (Å²) < 4.78 is 4.88. The maximum absolute atomic E-state index is 12.0. The first-order valence-electron chi connectivity index (χ1n) is 6.31. The van der Waals surface area contributed by atoms with Crippen molar-refractivity contribution in [3.63, 3.8) is 0 Å². The van der Waals surface area contributed by atoms with Gasteiger partial charge in [0.15, 0.2) is 0 Å². The predicted molar refractivity (Wildman–Crippen MR) is 66.2 cm³/mol. The number of methoxy groups -OCH3 is 1. The highest BCUT2D eigenvalue weighted by atomic mass is 16.5. The van der Waals surface area contributed by atoms with Crippen LogP contribution in [0.3, 0.4) is 0 Å².